The van der Waals surface area contributed by atoms with E-state index in [1.807, 2.05) is 0 Å². The number of nitrogens with one attached hydrogen (secondary N) is 3. The average molecular weight is 612 g/mol. The van der Waals surface area contributed by atoms with E-state index in [0.717, 1.165) is 11.1 Å². The Morgan fingerprint density at radius 1 is 0.727 bits per heavy atom. The van der Waals surface area contributed by atoms with Crippen molar-refractivity contribution in [2.75, 3.05) is 0 Å². The Kier molecular flexibility index (Phi) is 12.9. The molecule has 3 aromatic rings. The summed E-state index contributed by atoms with van der Waals surface area (Å²) in [5.41, 5.74) is 12.5. The molecule has 0 aliphatic carbocycles. The van der Waals surface area contributed by atoms with Crippen LogP contribution in [0.4, 0.5) is 9.59 Å². The van der Waals surface area contributed by atoms with E-state index in [9.17, 15) is 24.0 Å². The van der Waals surface area contributed by atoms with Crippen LogP contribution in [0.15, 0.2) is 72.8 Å². The molecule has 0 radical (unpaired) electrons. The minimum absolute atomic E-state index is 0.0958. The highest BCUT2D eigenvalue weighted by Crippen LogP contribution is 2.13. The number of amides is 5. The van der Waals surface area contributed by atoms with Crippen LogP contribution < -0.4 is 27.4 Å². The van der Waals surface area contributed by atoms with E-state index in [4.69, 9.17) is 37.0 Å². The van der Waals surface area contributed by atoms with Crippen molar-refractivity contribution in [3.8, 4) is 17.2 Å². The Balaban J connectivity index is 0.000000231. The summed E-state index contributed by atoms with van der Waals surface area (Å²) in [5, 5.41) is 51.2. The predicted octanol–water partition coefficient (Wildman–Crippen LogP) is 0.546. The molecule has 1 fully saturated rings. The van der Waals surface area contributed by atoms with Crippen molar-refractivity contribution in [1.29, 1.82) is 0 Å². The van der Waals surface area contributed by atoms with E-state index < -0.39 is 42.1 Å². The van der Waals surface area contributed by atoms with Gasteiger partial charge < -0.3 is 47.6 Å². The summed E-state index contributed by atoms with van der Waals surface area (Å²) < 4.78 is 0. The second kappa shape index (κ2) is 16.6. The highest BCUT2D eigenvalue weighted by molar-refractivity contribution is 6.04. The first kappa shape index (κ1) is 34.4. The van der Waals surface area contributed by atoms with Crippen LogP contribution in [0.5, 0.6) is 17.2 Å². The third kappa shape index (κ3) is 12.4. The normalized spacial score (nSPS) is 14.7. The van der Waals surface area contributed by atoms with Gasteiger partial charge in [-0.25, -0.2) is 14.4 Å². The van der Waals surface area contributed by atoms with Crippen molar-refractivity contribution in [3.63, 3.8) is 0 Å². The summed E-state index contributed by atoms with van der Waals surface area (Å²) in [6, 6.07) is 15.1. The molecule has 0 spiro atoms. The van der Waals surface area contributed by atoms with Gasteiger partial charge in [0, 0.05) is 12.8 Å². The number of phenolic OH excluding ortho intramolecular Hbond substituents is 3. The number of phenols is 3. The maximum Gasteiger partial charge on any atom is 0.326 e. The van der Waals surface area contributed by atoms with Gasteiger partial charge in [-0.1, -0.05) is 36.4 Å². The molecule has 15 nitrogen and oxygen atoms in total. The zero-order chi connectivity index (χ0) is 32.8. The van der Waals surface area contributed by atoms with Crippen LogP contribution in [-0.4, -0.2) is 73.6 Å². The van der Waals surface area contributed by atoms with E-state index in [-0.39, 0.29) is 36.0 Å². The predicted molar refractivity (Wildman–Crippen MR) is 156 cm³/mol. The lowest BCUT2D eigenvalue weighted by atomic mass is 10.1. The number of imide groups is 1. The molecule has 2 unspecified atom stereocenters. The van der Waals surface area contributed by atoms with Crippen LogP contribution in [0.25, 0.3) is 0 Å². The minimum Gasteiger partial charge on any atom is -0.508 e. The van der Waals surface area contributed by atoms with Crippen molar-refractivity contribution in [2.45, 2.75) is 37.4 Å². The fourth-order valence-electron chi connectivity index (χ4n) is 3.68. The van der Waals surface area contributed by atoms with Crippen molar-refractivity contribution in [1.82, 2.24) is 16.0 Å². The molecular weight excluding hydrogens is 578 g/mol. The fourth-order valence-corrected chi connectivity index (χ4v) is 3.68. The van der Waals surface area contributed by atoms with E-state index in [1.165, 1.54) is 24.3 Å². The molecular formula is C29H33N5O10. The summed E-state index contributed by atoms with van der Waals surface area (Å²) in [6.45, 7) is 0. The van der Waals surface area contributed by atoms with Gasteiger partial charge in [0.15, 0.2) is 0 Å². The summed E-state index contributed by atoms with van der Waals surface area (Å²) >= 11 is 0. The van der Waals surface area contributed by atoms with Gasteiger partial charge in [0.05, 0.1) is 0 Å². The van der Waals surface area contributed by atoms with Crippen molar-refractivity contribution in [2.24, 2.45) is 11.5 Å². The Labute approximate surface area is 251 Å². The van der Waals surface area contributed by atoms with Crippen molar-refractivity contribution in [3.05, 3.63) is 89.5 Å². The number of rotatable bonds is 9. The molecule has 3 atom stereocenters. The zero-order valence-electron chi connectivity index (χ0n) is 23.2. The molecule has 4 rings (SSSR count). The molecule has 5 amide bonds. The fraction of sp³-hybridized carbons (Fsp3) is 0.207. The lowest BCUT2D eigenvalue weighted by molar-refractivity contribution is -0.139. The highest BCUT2D eigenvalue weighted by Gasteiger charge is 2.29. The lowest BCUT2D eigenvalue weighted by Gasteiger charge is -2.12. The number of carboxylic acids is 2. The Morgan fingerprint density at radius 3 is 1.52 bits per heavy atom. The Morgan fingerprint density at radius 2 is 1.16 bits per heavy atom. The first-order valence-electron chi connectivity index (χ1n) is 13.0. The van der Waals surface area contributed by atoms with Gasteiger partial charge in [0.2, 0.25) is 0 Å². The van der Waals surface area contributed by atoms with Crippen molar-refractivity contribution >= 4 is 29.9 Å². The third-order valence-corrected chi connectivity index (χ3v) is 5.93. The van der Waals surface area contributed by atoms with Crippen LogP contribution in [-0.2, 0) is 33.6 Å². The van der Waals surface area contributed by atoms with Gasteiger partial charge >= 0.3 is 24.0 Å². The number of urea groups is 2. The van der Waals surface area contributed by atoms with E-state index in [1.54, 1.807) is 48.5 Å². The molecule has 1 heterocycles. The molecule has 12 N–H and O–H groups in total. The second-order valence-electron chi connectivity index (χ2n) is 9.47. The Hall–Kier alpha value is -5.83. The number of aliphatic carboxylic acids is 2. The summed E-state index contributed by atoms with van der Waals surface area (Å²) in [4.78, 5) is 53.8. The lowest BCUT2D eigenvalue weighted by Crippen LogP contribution is -2.44. The average Bonchev–Trinajstić information content (AvgIpc) is 3.28. The number of benzene rings is 3. The topological polar surface area (TPSA) is 275 Å². The molecule has 0 saturated carbocycles. The number of carboxylic acid groups (broad SMARTS) is 2. The number of carbonyl (C=O) groups is 5. The number of primary amides is 1. The largest absolute Gasteiger partial charge is 0.508 e. The van der Waals surface area contributed by atoms with Crippen molar-refractivity contribution < 1.29 is 49.5 Å². The maximum atomic E-state index is 11.2. The molecule has 3 aromatic carbocycles. The third-order valence-electron chi connectivity index (χ3n) is 5.93. The first-order valence-corrected chi connectivity index (χ1v) is 13.0. The van der Waals surface area contributed by atoms with Gasteiger partial charge in [-0.15, -0.1) is 0 Å². The van der Waals surface area contributed by atoms with Crippen LogP contribution in [0.1, 0.15) is 16.7 Å². The first-order chi connectivity index (χ1) is 20.7. The van der Waals surface area contributed by atoms with Gasteiger partial charge in [-0.2, -0.15) is 0 Å². The number of aromatic hydroxyl groups is 3. The molecule has 234 valence electrons. The number of nitrogens with two attached hydrogens (primary N) is 2. The van der Waals surface area contributed by atoms with Gasteiger partial charge in [-0.3, -0.25) is 14.9 Å². The van der Waals surface area contributed by atoms with Crippen LogP contribution in [0.2, 0.25) is 0 Å². The number of carbonyl (C=O) groups excluding carboxylic acids is 3. The standard InChI is InChI=1S/C10H12N2O4.C10H10N2O3.C9H11NO3/c11-10(16)12-8(9(14)15)5-6-1-3-7(13)4-2-6;13-7-3-1-6(2-4-7)5-8-9(14)12-10(15)11-8;10-8(9(12)13)5-6-1-3-7(11)4-2-6/h1-4,8,13H,5H2,(H,14,15)(H3,11,12,16);1-4,8,13H,5H2,(H2,11,12,14,15);1-4,8,11H,5,10H2,(H,12,13)/t;;8-/m..0/s1. The molecule has 1 aliphatic rings. The molecule has 1 saturated heterocycles. The summed E-state index contributed by atoms with van der Waals surface area (Å²) in [7, 11) is 0. The summed E-state index contributed by atoms with van der Waals surface area (Å²) in [6.07, 6.45) is 0.812. The highest BCUT2D eigenvalue weighted by atomic mass is 16.4. The number of hydrogen-bond acceptors (Lipinski definition) is 9. The Bertz CT molecular complexity index is 1430. The van der Waals surface area contributed by atoms with Crippen LogP contribution in [0.3, 0.4) is 0 Å². The monoisotopic (exact) mass is 611 g/mol. The number of hydrogen-bond donors (Lipinski definition) is 10. The maximum absolute atomic E-state index is 11.2. The molecule has 1 aliphatic heterocycles. The smallest absolute Gasteiger partial charge is 0.326 e. The van der Waals surface area contributed by atoms with E-state index >= 15 is 0 Å². The van der Waals surface area contributed by atoms with Gasteiger partial charge in [0.1, 0.15) is 35.4 Å². The molecule has 15 heteroatoms. The van der Waals surface area contributed by atoms with Crippen LogP contribution >= 0.6 is 0 Å². The van der Waals surface area contributed by atoms with E-state index in [2.05, 4.69) is 16.0 Å². The quantitative estimate of drug-likeness (QED) is 0.149. The second-order valence-corrected chi connectivity index (χ2v) is 9.47. The van der Waals surface area contributed by atoms with Crippen LogP contribution in [0, 0.1) is 0 Å². The molecule has 44 heavy (non-hydrogen) atoms. The van der Waals surface area contributed by atoms with Gasteiger partial charge in [0.25, 0.3) is 5.91 Å². The zero-order valence-corrected chi connectivity index (χ0v) is 23.2. The summed E-state index contributed by atoms with van der Waals surface area (Å²) in [5.74, 6) is -2.06. The van der Waals surface area contributed by atoms with E-state index in [0.29, 0.717) is 12.0 Å². The molecule has 0 aromatic heterocycles. The van der Waals surface area contributed by atoms with Gasteiger partial charge in [-0.05, 0) is 59.5 Å². The SMILES string of the molecule is NC(=O)NC(Cc1ccc(O)cc1)C(=O)O.N[C@@H](Cc1ccc(O)cc1)C(=O)O.O=C1NC(=O)C(Cc2ccc(O)cc2)N1. The molecule has 0 bridgehead atoms. The minimum atomic E-state index is -1.16.